The highest BCUT2D eigenvalue weighted by molar-refractivity contribution is 5.83. The third kappa shape index (κ3) is 2.71. The van der Waals surface area contributed by atoms with E-state index in [4.69, 9.17) is 0 Å². The molecule has 5 aliphatic carbocycles. The number of ketones is 1. The number of hydrogen-bond acceptors (Lipinski definition) is 2. The largest absolute Gasteiger partial charge is 0.392 e. The minimum atomic E-state index is -0.452. The van der Waals surface area contributed by atoms with Crippen molar-refractivity contribution in [2.24, 2.45) is 56.2 Å². The Balaban J connectivity index is 1.57. The van der Waals surface area contributed by atoms with Crippen molar-refractivity contribution in [3.8, 4) is 0 Å². The van der Waals surface area contributed by atoms with Gasteiger partial charge in [-0.05, 0) is 108 Å². The Hall–Kier alpha value is -0.370. The van der Waals surface area contributed by atoms with Crippen LogP contribution in [0.15, 0.2) is 0 Å². The molecular weight excluding hydrogens is 392 g/mol. The lowest BCUT2D eigenvalue weighted by Gasteiger charge is -2.75. The molecule has 0 aromatic heterocycles. The van der Waals surface area contributed by atoms with Gasteiger partial charge in [0.1, 0.15) is 5.78 Å². The van der Waals surface area contributed by atoms with Crippen LogP contribution in [0, 0.1) is 56.2 Å². The van der Waals surface area contributed by atoms with Gasteiger partial charge in [0.2, 0.25) is 0 Å². The summed E-state index contributed by atoms with van der Waals surface area (Å²) >= 11 is 0. The molecule has 0 aromatic rings. The summed E-state index contributed by atoms with van der Waals surface area (Å²) in [4.78, 5) is 12.8. The molecule has 5 rings (SSSR count). The SMILES string of the molecule is CC1C(=O)CC(O)C2C1(C)CCC1C2(C)CCC2(C)C3CC(C)(C)CCC3(C)CCC12C. The summed E-state index contributed by atoms with van der Waals surface area (Å²) in [7, 11) is 0. The Morgan fingerprint density at radius 3 is 2.03 bits per heavy atom. The maximum absolute atomic E-state index is 12.8. The molecule has 0 saturated heterocycles. The number of carbonyl (C=O) groups excluding carboxylic acids is 1. The minimum Gasteiger partial charge on any atom is -0.392 e. The van der Waals surface area contributed by atoms with Crippen LogP contribution in [0.3, 0.4) is 0 Å². The molecule has 5 fully saturated rings. The number of fused-ring (bicyclic) bond motifs is 7. The third-order valence-electron chi connectivity index (χ3n) is 13.7. The smallest absolute Gasteiger partial charge is 0.138 e. The molecule has 10 unspecified atom stereocenters. The first-order valence-corrected chi connectivity index (χ1v) is 13.8. The van der Waals surface area contributed by atoms with Gasteiger partial charge in [0.25, 0.3) is 0 Å². The van der Waals surface area contributed by atoms with E-state index < -0.39 is 6.10 Å². The lowest BCUT2D eigenvalue weighted by atomic mass is 9.30. The minimum absolute atomic E-state index is 0.0416. The Labute approximate surface area is 197 Å². The number of Topliss-reactive ketones (excluding diaryl/α,β-unsaturated/α-hetero) is 1. The van der Waals surface area contributed by atoms with Gasteiger partial charge < -0.3 is 5.11 Å². The molecule has 10 atom stereocenters. The van der Waals surface area contributed by atoms with Crippen LogP contribution in [0.2, 0.25) is 0 Å². The number of rotatable bonds is 0. The Bertz CT molecular complexity index is 816. The van der Waals surface area contributed by atoms with Gasteiger partial charge in [-0.15, -0.1) is 0 Å². The number of aliphatic hydroxyl groups is 1. The van der Waals surface area contributed by atoms with Crippen LogP contribution in [0.5, 0.6) is 0 Å². The average molecular weight is 443 g/mol. The first kappa shape index (κ1) is 23.4. The maximum Gasteiger partial charge on any atom is 0.138 e. The van der Waals surface area contributed by atoms with Gasteiger partial charge in [0.15, 0.2) is 0 Å². The van der Waals surface area contributed by atoms with Gasteiger partial charge in [0.05, 0.1) is 6.10 Å². The lowest BCUT2D eigenvalue weighted by molar-refractivity contribution is -0.267. The second-order valence-electron chi connectivity index (χ2n) is 15.4. The summed E-state index contributed by atoms with van der Waals surface area (Å²) < 4.78 is 0. The molecular formula is C30H50O2. The summed E-state index contributed by atoms with van der Waals surface area (Å²) in [6, 6.07) is 0. The Kier molecular flexibility index (Phi) is 4.85. The quantitative estimate of drug-likeness (QED) is 0.423. The first-order chi connectivity index (χ1) is 14.6. The summed E-state index contributed by atoms with van der Waals surface area (Å²) in [5.41, 5.74) is 1.80. The standard InChI is InChI=1S/C30H50O2/c1-19-20(31)17-21(32)24-27(19,5)10-9-22-28(24,6)14-16-30(8)23-18-25(2,3)11-12-26(23,4)13-15-29(22,30)7/h19,21-24,32H,9-18H2,1-8H3. The topological polar surface area (TPSA) is 37.3 Å². The lowest BCUT2D eigenvalue weighted by Crippen LogP contribution is -2.69. The van der Waals surface area contributed by atoms with E-state index in [1.807, 2.05) is 0 Å². The van der Waals surface area contributed by atoms with Crippen molar-refractivity contribution in [3.05, 3.63) is 0 Å². The highest BCUT2D eigenvalue weighted by Crippen LogP contribution is 2.78. The molecule has 32 heavy (non-hydrogen) atoms. The summed E-state index contributed by atoms with van der Waals surface area (Å²) in [5.74, 6) is 2.12. The van der Waals surface area contributed by atoms with Crippen molar-refractivity contribution < 1.29 is 9.90 Å². The van der Waals surface area contributed by atoms with Crippen LogP contribution in [0.1, 0.15) is 120 Å². The normalized spacial score (nSPS) is 59.4. The highest BCUT2D eigenvalue weighted by atomic mass is 16.3. The fourth-order valence-corrected chi connectivity index (χ4v) is 11.3. The molecule has 0 heterocycles. The predicted octanol–water partition coefficient (Wildman–Crippen LogP) is 7.43. The van der Waals surface area contributed by atoms with Crippen LogP contribution < -0.4 is 0 Å². The van der Waals surface area contributed by atoms with E-state index in [0.717, 1.165) is 12.3 Å². The Morgan fingerprint density at radius 2 is 1.34 bits per heavy atom. The van der Waals surface area contributed by atoms with Gasteiger partial charge >= 0.3 is 0 Å². The number of hydrogen-bond donors (Lipinski definition) is 1. The summed E-state index contributed by atoms with van der Waals surface area (Å²) in [5, 5.41) is 11.4. The zero-order valence-corrected chi connectivity index (χ0v) is 22.3. The van der Waals surface area contributed by atoms with E-state index >= 15 is 0 Å². The van der Waals surface area contributed by atoms with Crippen molar-refractivity contribution in [1.29, 1.82) is 0 Å². The van der Waals surface area contributed by atoms with E-state index in [2.05, 4.69) is 55.4 Å². The van der Waals surface area contributed by atoms with Gasteiger partial charge in [-0.2, -0.15) is 0 Å². The van der Waals surface area contributed by atoms with E-state index in [-0.39, 0.29) is 22.7 Å². The number of aliphatic hydroxyl groups excluding tert-OH is 1. The van der Waals surface area contributed by atoms with Crippen LogP contribution in [0.4, 0.5) is 0 Å². The van der Waals surface area contributed by atoms with Crippen LogP contribution in [-0.4, -0.2) is 17.0 Å². The zero-order chi connectivity index (χ0) is 23.5. The molecule has 0 radical (unpaired) electrons. The molecule has 0 amide bonds. The van der Waals surface area contributed by atoms with Crippen molar-refractivity contribution >= 4 is 5.78 Å². The van der Waals surface area contributed by atoms with E-state index in [9.17, 15) is 9.90 Å². The molecule has 0 aliphatic heterocycles. The zero-order valence-electron chi connectivity index (χ0n) is 22.3. The number of carbonyl (C=O) groups is 1. The molecule has 0 spiro atoms. The fraction of sp³-hybridized carbons (Fsp3) is 0.967. The molecule has 0 bridgehead atoms. The second kappa shape index (κ2) is 6.64. The molecule has 5 aliphatic rings. The average Bonchev–Trinajstić information content (AvgIpc) is 2.69. The van der Waals surface area contributed by atoms with E-state index in [1.165, 1.54) is 51.4 Å². The molecule has 1 N–H and O–H groups in total. The van der Waals surface area contributed by atoms with Gasteiger partial charge in [-0.25, -0.2) is 0 Å². The van der Waals surface area contributed by atoms with Crippen LogP contribution in [0.25, 0.3) is 0 Å². The fourth-order valence-electron chi connectivity index (χ4n) is 11.3. The Morgan fingerprint density at radius 1 is 0.750 bits per heavy atom. The van der Waals surface area contributed by atoms with Gasteiger partial charge in [-0.3, -0.25) is 4.79 Å². The molecule has 0 aromatic carbocycles. The summed E-state index contributed by atoms with van der Waals surface area (Å²) in [6.07, 6.45) is 11.7. The molecule has 182 valence electrons. The van der Waals surface area contributed by atoms with Crippen molar-refractivity contribution in [2.45, 2.75) is 126 Å². The second-order valence-corrected chi connectivity index (χ2v) is 15.4. The van der Waals surface area contributed by atoms with Gasteiger partial charge in [0, 0.05) is 12.3 Å². The monoisotopic (exact) mass is 442 g/mol. The maximum atomic E-state index is 12.8. The molecule has 2 heteroatoms. The summed E-state index contributed by atoms with van der Waals surface area (Å²) in [6.45, 7) is 20.1. The van der Waals surface area contributed by atoms with Crippen molar-refractivity contribution in [2.75, 3.05) is 0 Å². The van der Waals surface area contributed by atoms with E-state index in [0.29, 0.717) is 39.8 Å². The van der Waals surface area contributed by atoms with Crippen molar-refractivity contribution in [3.63, 3.8) is 0 Å². The molecule has 5 saturated carbocycles. The van der Waals surface area contributed by atoms with Crippen LogP contribution in [-0.2, 0) is 4.79 Å². The highest BCUT2D eigenvalue weighted by Gasteiger charge is 2.71. The molecule has 2 nitrogen and oxygen atoms in total. The van der Waals surface area contributed by atoms with E-state index in [1.54, 1.807) is 0 Å². The predicted molar refractivity (Wildman–Crippen MR) is 131 cm³/mol. The van der Waals surface area contributed by atoms with Crippen molar-refractivity contribution in [1.82, 2.24) is 0 Å². The van der Waals surface area contributed by atoms with Crippen LogP contribution >= 0.6 is 0 Å². The first-order valence-electron chi connectivity index (χ1n) is 13.8. The van der Waals surface area contributed by atoms with Gasteiger partial charge in [-0.1, -0.05) is 55.4 Å². The third-order valence-corrected chi connectivity index (χ3v) is 13.7.